The molecule has 0 atom stereocenters. The molecule has 0 saturated heterocycles. The van der Waals surface area contributed by atoms with Gasteiger partial charge in [-0.25, -0.2) is 0 Å². The van der Waals surface area contributed by atoms with Crippen LogP contribution in [0.15, 0.2) is 36.4 Å². The van der Waals surface area contributed by atoms with Crippen LogP contribution in [0.4, 0.5) is 5.69 Å². The van der Waals surface area contributed by atoms with Crippen LogP contribution in [0, 0.1) is 0 Å². The van der Waals surface area contributed by atoms with E-state index in [0.29, 0.717) is 5.69 Å². The molecule has 5 heteroatoms. The minimum absolute atomic E-state index is 0.0471. The van der Waals surface area contributed by atoms with E-state index in [1.54, 1.807) is 0 Å². The van der Waals surface area contributed by atoms with Gasteiger partial charge in [0.15, 0.2) is 11.5 Å². The second-order valence-electron chi connectivity index (χ2n) is 5.04. The first-order valence-electron chi connectivity index (χ1n) is 6.80. The molecule has 0 fully saturated rings. The van der Waals surface area contributed by atoms with Crippen LogP contribution in [0.3, 0.4) is 0 Å². The highest BCUT2D eigenvalue weighted by atomic mass is 16.3. The number of phenolic OH excluding ortho intramolecular Hbond substituents is 2. The molecule has 0 aromatic heterocycles. The number of para-hydroxylation sites is 1. The van der Waals surface area contributed by atoms with Crippen molar-refractivity contribution in [2.45, 2.75) is 13.0 Å². The van der Waals surface area contributed by atoms with E-state index in [0.717, 1.165) is 19.5 Å². The molecule has 2 aromatic rings. The fourth-order valence-corrected chi connectivity index (χ4v) is 2.47. The summed E-state index contributed by atoms with van der Waals surface area (Å²) in [6, 6.07) is 10.1. The van der Waals surface area contributed by atoms with Crippen molar-refractivity contribution in [2.75, 3.05) is 11.9 Å². The fraction of sp³-hybridized carbons (Fsp3) is 0.188. The Morgan fingerprint density at radius 2 is 2.00 bits per heavy atom. The number of anilines is 1. The summed E-state index contributed by atoms with van der Waals surface area (Å²) in [5.74, 6) is -1.17. The number of hydrogen-bond donors (Lipinski definition) is 4. The van der Waals surface area contributed by atoms with Crippen LogP contribution in [-0.2, 0) is 13.0 Å². The van der Waals surface area contributed by atoms with E-state index >= 15 is 0 Å². The highest BCUT2D eigenvalue weighted by Gasteiger charge is 2.15. The quantitative estimate of drug-likeness (QED) is 0.636. The van der Waals surface area contributed by atoms with E-state index in [2.05, 4.69) is 10.6 Å². The van der Waals surface area contributed by atoms with Gasteiger partial charge in [0, 0.05) is 12.2 Å². The third-order valence-electron chi connectivity index (χ3n) is 3.61. The van der Waals surface area contributed by atoms with Crippen LogP contribution in [0.2, 0.25) is 0 Å². The van der Waals surface area contributed by atoms with Crippen molar-refractivity contribution in [2.24, 2.45) is 0 Å². The summed E-state index contributed by atoms with van der Waals surface area (Å²) in [7, 11) is 0. The normalized spacial score (nSPS) is 13.5. The summed E-state index contributed by atoms with van der Waals surface area (Å²) >= 11 is 0. The average Bonchev–Trinajstić information content (AvgIpc) is 2.50. The molecule has 21 heavy (non-hydrogen) atoms. The highest BCUT2D eigenvalue weighted by molar-refractivity contribution is 6.06. The van der Waals surface area contributed by atoms with Crippen molar-refractivity contribution in [1.29, 1.82) is 0 Å². The number of aromatic hydroxyl groups is 2. The molecule has 5 nitrogen and oxygen atoms in total. The van der Waals surface area contributed by atoms with Crippen molar-refractivity contribution >= 4 is 11.6 Å². The minimum Gasteiger partial charge on any atom is -0.504 e. The van der Waals surface area contributed by atoms with E-state index in [1.807, 2.05) is 18.2 Å². The van der Waals surface area contributed by atoms with Crippen LogP contribution in [-0.4, -0.2) is 22.7 Å². The lowest BCUT2D eigenvalue weighted by molar-refractivity contribution is 0.102. The molecule has 0 spiro atoms. The lowest BCUT2D eigenvalue weighted by atomic mass is 10.0. The van der Waals surface area contributed by atoms with Crippen LogP contribution in [0.25, 0.3) is 0 Å². The van der Waals surface area contributed by atoms with E-state index < -0.39 is 11.7 Å². The Bertz CT molecular complexity index is 698. The summed E-state index contributed by atoms with van der Waals surface area (Å²) in [4.78, 5) is 12.2. The monoisotopic (exact) mass is 284 g/mol. The van der Waals surface area contributed by atoms with Crippen LogP contribution < -0.4 is 10.6 Å². The Morgan fingerprint density at radius 1 is 1.14 bits per heavy atom. The van der Waals surface area contributed by atoms with Crippen molar-refractivity contribution < 1.29 is 15.0 Å². The number of nitrogens with one attached hydrogen (secondary N) is 2. The summed E-state index contributed by atoms with van der Waals surface area (Å²) in [6.07, 6.45) is 0.983. The van der Waals surface area contributed by atoms with E-state index in [1.165, 1.54) is 29.3 Å². The standard InChI is InChI=1S/C16H16N2O3/c19-14-3-1-2-13(15(14)20)16(21)18-12-5-4-10-6-7-17-9-11(10)8-12/h1-5,8,17,19-20H,6-7,9H2,(H,18,21). The molecule has 1 aliphatic rings. The molecule has 1 amide bonds. The Balaban J connectivity index is 1.83. The number of carbonyl (C=O) groups is 1. The van der Waals surface area contributed by atoms with Crippen molar-refractivity contribution in [3.05, 3.63) is 53.1 Å². The van der Waals surface area contributed by atoms with E-state index in [4.69, 9.17) is 0 Å². The highest BCUT2D eigenvalue weighted by Crippen LogP contribution is 2.29. The van der Waals surface area contributed by atoms with Gasteiger partial charge in [-0.1, -0.05) is 12.1 Å². The van der Waals surface area contributed by atoms with Gasteiger partial charge in [0.05, 0.1) is 5.56 Å². The number of amides is 1. The molecule has 0 saturated carbocycles. The number of phenols is 2. The lowest BCUT2D eigenvalue weighted by Crippen LogP contribution is -2.23. The number of carbonyl (C=O) groups excluding carboxylic acids is 1. The van der Waals surface area contributed by atoms with Gasteiger partial charge in [0.25, 0.3) is 5.91 Å². The molecule has 0 bridgehead atoms. The maximum atomic E-state index is 12.2. The minimum atomic E-state index is -0.452. The molecular formula is C16H16N2O3. The smallest absolute Gasteiger partial charge is 0.259 e. The van der Waals surface area contributed by atoms with Crippen molar-refractivity contribution in [3.8, 4) is 11.5 Å². The second kappa shape index (κ2) is 5.46. The maximum absolute atomic E-state index is 12.2. The predicted octanol–water partition coefficient (Wildman–Crippen LogP) is 2.00. The molecule has 108 valence electrons. The number of fused-ring (bicyclic) bond motifs is 1. The molecule has 1 aliphatic heterocycles. The number of rotatable bonds is 2. The third-order valence-corrected chi connectivity index (χ3v) is 3.61. The molecule has 3 rings (SSSR count). The first-order chi connectivity index (χ1) is 10.1. The second-order valence-corrected chi connectivity index (χ2v) is 5.04. The molecule has 2 aromatic carbocycles. The third kappa shape index (κ3) is 2.68. The molecular weight excluding hydrogens is 268 g/mol. The van der Waals surface area contributed by atoms with Crippen molar-refractivity contribution in [3.63, 3.8) is 0 Å². The molecule has 0 unspecified atom stereocenters. The van der Waals surface area contributed by atoms with Gasteiger partial charge < -0.3 is 20.8 Å². The number of hydrogen-bond acceptors (Lipinski definition) is 4. The summed E-state index contributed by atoms with van der Waals surface area (Å²) in [5, 5.41) is 25.2. The fourth-order valence-electron chi connectivity index (χ4n) is 2.47. The molecule has 4 N–H and O–H groups in total. The lowest BCUT2D eigenvalue weighted by Gasteiger charge is -2.18. The Kier molecular flexibility index (Phi) is 3.50. The van der Waals surface area contributed by atoms with Gasteiger partial charge in [0.1, 0.15) is 0 Å². The molecule has 0 radical (unpaired) electrons. The Labute approximate surface area is 122 Å². The maximum Gasteiger partial charge on any atom is 0.259 e. The van der Waals surface area contributed by atoms with Gasteiger partial charge in [-0.3, -0.25) is 4.79 Å². The van der Waals surface area contributed by atoms with Gasteiger partial charge in [-0.2, -0.15) is 0 Å². The molecule has 0 aliphatic carbocycles. The van der Waals surface area contributed by atoms with Gasteiger partial charge in [0.2, 0.25) is 0 Å². The average molecular weight is 284 g/mol. The Hall–Kier alpha value is -2.53. The first-order valence-corrected chi connectivity index (χ1v) is 6.80. The largest absolute Gasteiger partial charge is 0.504 e. The zero-order chi connectivity index (χ0) is 14.8. The predicted molar refractivity (Wildman–Crippen MR) is 79.6 cm³/mol. The zero-order valence-electron chi connectivity index (χ0n) is 11.4. The first kappa shape index (κ1) is 13.5. The van der Waals surface area contributed by atoms with Crippen LogP contribution in [0.1, 0.15) is 21.5 Å². The van der Waals surface area contributed by atoms with Crippen LogP contribution >= 0.6 is 0 Å². The van der Waals surface area contributed by atoms with E-state index in [9.17, 15) is 15.0 Å². The number of benzene rings is 2. The topological polar surface area (TPSA) is 81.6 Å². The van der Waals surface area contributed by atoms with E-state index in [-0.39, 0.29) is 11.3 Å². The van der Waals surface area contributed by atoms with Gasteiger partial charge >= 0.3 is 0 Å². The summed E-state index contributed by atoms with van der Waals surface area (Å²) in [6.45, 7) is 1.76. The zero-order valence-corrected chi connectivity index (χ0v) is 11.4. The van der Waals surface area contributed by atoms with Crippen molar-refractivity contribution in [1.82, 2.24) is 5.32 Å². The molecule has 1 heterocycles. The van der Waals surface area contributed by atoms with Crippen LogP contribution in [0.5, 0.6) is 11.5 Å². The van der Waals surface area contributed by atoms with Gasteiger partial charge in [-0.05, 0) is 48.4 Å². The summed E-state index contributed by atoms with van der Waals surface area (Å²) < 4.78 is 0. The Morgan fingerprint density at radius 3 is 2.86 bits per heavy atom. The SMILES string of the molecule is O=C(Nc1ccc2c(c1)CNCC2)c1cccc(O)c1O. The summed E-state index contributed by atoms with van der Waals surface area (Å²) in [5.41, 5.74) is 3.17. The van der Waals surface area contributed by atoms with Gasteiger partial charge in [-0.15, -0.1) is 0 Å².